The first-order valence-electron chi connectivity index (χ1n) is 6.65. The van der Waals surface area contributed by atoms with Gasteiger partial charge in [0.1, 0.15) is 0 Å². The highest BCUT2D eigenvalue weighted by Crippen LogP contribution is 2.26. The number of hydrogen-bond acceptors (Lipinski definition) is 4. The quantitative estimate of drug-likeness (QED) is 0.648. The third-order valence-corrected chi connectivity index (χ3v) is 4.35. The van der Waals surface area contributed by atoms with Gasteiger partial charge in [-0.25, -0.2) is 0 Å². The van der Waals surface area contributed by atoms with E-state index < -0.39 is 0 Å². The first-order valence-corrected chi connectivity index (χ1v) is 7.45. The molecule has 6 heteroatoms. The Balaban J connectivity index is 2.26. The Hall–Kier alpha value is -1.24. The van der Waals surface area contributed by atoms with Crippen LogP contribution in [0.15, 0.2) is 22.8 Å². The molecule has 0 aliphatic rings. The number of nitrogens with two attached hydrogens (primary N) is 1. The number of rotatable bonds is 5. The second-order valence-corrected chi connectivity index (χ2v) is 5.63. The summed E-state index contributed by atoms with van der Waals surface area (Å²) in [6.07, 6.45) is 3.53. The maximum atomic E-state index is 5.71. The summed E-state index contributed by atoms with van der Waals surface area (Å²) >= 11 is 3.64. The van der Waals surface area contributed by atoms with E-state index in [0.29, 0.717) is 0 Å². The van der Waals surface area contributed by atoms with Gasteiger partial charge in [-0.1, -0.05) is 13.0 Å². The molecule has 2 aromatic heterocycles. The maximum absolute atomic E-state index is 5.71. The summed E-state index contributed by atoms with van der Waals surface area (Å²) in [6, 6.07) is 4.06. The summed E-state index contributed by atoms with van der Waals surface area (Å²) in [6.45, 7) is 4.07. The van der Waals surface area contributed by atoms with Crippen LogP contribution in [0.2, 0.25) is 0 Å². The minimum absolute atomic E-state index is 0.0134. The van der Waals surface area contributed by atoms with Crippen LogP contribution >= 0.6 is 15.9 Å². The molecule has 0 bridgehead atoms. The molecule has 2 aromatic rings. The Kier molecular flexibility index (Phi) is 4.91. The summed E-state index contributed by atoms with van der Waals surface area (Å²) in [5, 5.41) is 4.51. The highest BCUT2D eigenvalue weighted by Gasteiger charge is 2.18. The van der Waals surface area contributed by atoms with Crippen molar-refractivity contribution in [1.29, 1.82) is 0 Å². The molecule has 20 heavy (non-hydrogen) atoms. The van der Waals surface area contributed by atoms with Gasteiger partial charge >= 0.3 is 0 Å². The van der Waals surface area contributed by atoms with Crippen molar-refractivity contribution in [2.24, 2.45) is 12.9 Å². The van der Waals surface area contributed by atoms with Crippen molar-refractivity contribution in [2.75, 3.05) is 0 Å². The second-order valence-electron chi connectivity index (χ2n) is 4.84. The van der Waals surface area contributed by atoms with Crippen LogP contribution in [-0.2, 0) is 19.9 Å². The zero-order chi connectivity index (χ0) is 14.7. The van der Waals surface area contributed by atoms with E-state index in [1.165, 1.54) is 0 Å². The predicted octanol–water partition coefficient (Wildman–Crippen LogP) is 2.20. The van der Waals surface area contributed by atoms with E-state index in [9.17, 15) is 0 Å². The van der Waals surface area contributed by atoms with Crippen LogP contribution in [0.1, 0.15) is 35.6 Å². The lowest BCUT2D eigenvalue weighted by molar-refractivity contribution is 0.527. The lowest BCUT2D eigenvalue weighted by atomic mass is 10.0. The number of halogens is 1. The molecule has 0 saturated heterocycles. The van der Waals surface area contributed by atoms with Crippen molar-refractivity contribution in [1.82, 2.24) is 20.2 Å². The van der Waals surface area contributed by atoms with Crippen LogP contribution in [0.3, 0.4) is 0 Å². The van der Waals surface area contributed by atoms with Crippen LogP contribution in [0.4, 0.5) is 0 Å². The third-order valence-electron chi connectivity index (χ3n) is 3.44. The Labute approximate surface area is 127 Å². The molecule has 0 spiro atoms. The minimum Gasteiger partial charge on any atom is -0.271 e. The molecule has 0 amide bonds. The molecule has 0 radical (unpaired) electrons. The van der Waals surface area contributed by atoms with Gasteiger partial charge in [0.05, 0.1) is 21.9 Å². The molecule has 2 rings (SSSR count). The molecule has 0 aromatic carbocycles. The van der Waals surface area contributed by atoms with Crippen LogP contribution in [0.5, 0.6) is 0 Å². The second kappa shape index (κ2) is 6.47. The fourth-order valence-electron chi connectivity index (χ4n) is 2.19. The Morgan fingerprint density at radius 3 is 2.70 bits per heavy atom. The average molecular weight is 338 g/mol. The van der Waals surface area contributed by atoms with Gasteiger partial charge in [-0.2, -0.15) is 5.10 Å². The molecule has 108 valence electrons. The van der Waals surface area contributed by atoms with Crippen molar-refractivity contribution in [3.8, 4) is 0 Å². The number of hydrazine groups is 1. The zero-order valence-electron chi connectivity index (χ0n) is 12.0. The number of nitrogens with one attached hydrogen (secondary N) is 1. The van der Waals surface area contributed by atoms with E-state index in [1.807, 2.05) is 30.9 Å². The minimum atomic E-state index is 0.0134. The van der Waals surface area contributed by atoms with Crippen LogP contribution in [-0.4, -0.2) is 14.8 Å². The maximum Gasteiger partial charge on any atom is 0.0766 e. The van der Waals surface area contributed by atoms with Crippen molar-refractivity contribution < 1.29 is 0 Å². The van der Waals surface area contributed by atoms with Gasteiger partial charge in [0.25, 0.3) is 0 Å². The highest BCUT2D eigenvalue weighted by molar-refractivity contribution is 9.10. The fraction of sp³-hybridized carbons (Fsp3) is 0.429. The summed E-state index contributed by atoms with van der Waals surface area (Å²) in [5.41, 5.74) is 7.14. The third kappa shape index (κ3) is 3.08. The van der Waals surface area contributed by atoms with E-state index in [-0.39, 0.29) is 6.04 Å². The molecule has 0 saturated carbocycles. The van der Waals surface area contributed by atoms with Gasteiger partial charge in [-0.15, -0.1) is 0 Å². The standard InChI is InChI=1S/C14H20BrN5/c1-4-11-14(15)13(20(3)19-11)7-12(18-16)10-6-5-9(2)17-8-10/h5-6,8,12,18H,4,7,16H2,1-3H3. The Morgan fingerprint density at radius 2 is 2.20 bits per heavy atom. The van der Waals surface area contributed by atoms with Gasteiger partial charge in [-0.05, 0) is 40.9 Å². The lowest BCUT2D eigenvalue weighted by Gasteiger charge is -2.16. The number of nitrogens with zero attached hydrogens (tertiary/aromatic N) is 3. The fourth-order valence-corrected chi connectivity index (χ4v) is 2.97. The van der Waals surface area contributed by atoms with Crippen molar-refractivity contribution >= 4 is 15.9 Å². The zero-order valence-corrected chi connectivity index (χ0v) is 13.6. The van der Waals surface area contributed by atoms with Crippen LogP contribution in [0.25, 0.3) is 0 Å². The first-order chi connectivity index (χ1) is 9.56. The summed E-state index contributed by atoms with van der Waals surface area (Å²) in [5.74, 6) is 5.71. The molecule has 0 aliphatic carbocycles. The van der Waals surface area contributed by atoms with Crippen molar-refractivity contribution in [3.05, 3.63) is 45.4 Å². The van der Waals surface area contributed by atoms with Gasteiger partial charge in [0.2, 0.25) is 0 Å². The van der Waals surface area contributed by atoms with Crippen molar-refractivity contribution in [2.45, 2.75) is 32.7 Å². The average Bonchev–Trinajstić information content (AvgIpc) is 2.72. The summed E-state index contributed by atoms with van der Waals surface area (Å²) in [7, 11) is 1.96. The van der Waals surface area contributed by atoms with Crippen molar-refractivity contribution in [3.63, 3.8) is 0 Å². The van der Waals surface area contributed by atoms with E-state index in [1.54, 1.807) is 0 Å². The van der Waals surface area contributed by atoms with Gasteiger partial charge in [0.15, 0.2) is 0 Å². The number of pyridine rings is 1. The first kappa shape index (κ1) is 15.2. The molecule has 2 heterocycles. The molecule has 1 unspecified atom stereocenters. The predicted molar refractivity (Wildman–Crippen MR) is 83.0 cm³/mol. The van der Waals surface area contributed by atoms with E-state index in [4.69, 9.17) is 5.84 Å². The van der Waals surface area contributed by atoms with E-state index in [0.717, 1.165) is 40.0 Å². The SMILES string of the molecule is CCc1nn(C)c(CC(NN)c2ccc(C)nc2)c1Br. The van der Waals surface area contributed by atoms with Crippen LogP contribution < -0.4 is 11.3 Å². The monoisotopic (exact) mass is 337 g/mol. The summed E-state index contributed by atoms with van der Waals surface area (Å²) < 4.78 is 2.98. The van der Waals surface area contributed by atoms with E-state index in [2.05, 4.69) is 44.4 Å². The lowest BCUT2D eigenvalue weighted by Crippen LogP contribution is -2.30. The molecular weight excluding hydrogens is 318 g/mol. The molecular formula is C14H20BrN5. The van der Waals surface area contributed by atoms with E-state index >= 15 is 0 Å². The topological polar surface area (TPSA) is 68.8 Å². The number of hydrogen-bond donors (Lipinski definition) is 2. The molecule has 5 nitrogen and oxygen atoms in total. The largest absolute Gasteiger partial charge is 0.271 e. The smallest absolute Gasteiger partial charge is 0.0766 e. The molecule has 3 N–H and O–H groups in total. The Morgan fingerprint density at radius 1 is 1.45 bits per heavy atom. The van der Waals surface area contributed by atoms with Gasteiger partial charge < -0.3 is 0 Å². The van der Waals surface area contributed by atoms with Crippen LogP contribution in [0, 0.1) is 6.92 Å². The normalized spacial score (nSPS) is 12.7. The highest BCUT2D eigenvalue weighted by atomic mass is 79.9. The summed E-state index contributed by atoms with van der Waals surface area (Å²) in [4.78, 5) is 4.33. The Bertz CT molecular complexity index is 576. The number of aryl methyl sites for hydroxylation is 3. The molecule has 0 fully saturated rings. The molecule has 1 atom stereocenters. The van der Waals surface area contributed by atoms with Gasteiger partial charge in [-0.3, -0.25) is 20.9 Å². The number of aromatic nitrogens is 3. The molecule has 0 aliphatic heterocycles. The van der Waals surface area contributed by atoms with Gasteiger partial charge in [0, 0.05) is 25.4 Å².